The van der Waals surface area contributed by atoms with Crippen LogP contribution in [0.4, 0.5) is 11.4 Å². The zero-order valence-electron chi connectivity index (χ0n) is 17.9. The molecule has 1 amide bonds. The predicted molar refractivity (Wildman–Crippen MR) is 119 cm³/mol. The lowest BCUT2D eigenvalue weighted by molar-refractivity contribution is -0.149. The molecule has 7 nitrogen and oxygen atoms in total. The van der Waals surface area contributed by atoms with Gasteiger partial charge in [0, 0.05) is 12.1 Å². The van der Waals surface area contributed by atoms with E-state index in [0.717, 1.165) is 36.4 Å². The first-order valence-electron chi connectivity index (χ1n) is 10.6. The van der Waals surface area contributed by atoms with Gasteiger partial charge >= 0.3 is 5.97 Å². The first-order valence-corrected chi connectivity index (χ1v) is 10.6. The number of fused-ring (bicyclic) bond motifs is 1. The summed E-state index contributed by atoms with van der Waals surface area (Å²) < 4.78 is 10.4. The highest BCUT2D eigenvalue weighted by molar-refractivity contribution is 6.54. The number of amides is 1. The van der Waals surface area contributed by atoms with E-state index in [-0.39, 0.29) is 17.8 Å². The molecule has 0 aromatic heterocycles. The van der Waals surface area contributed by atoms with Gasteiger partial charge in [-0.25, -0.2) is 4.99 Å². The van der Waals surface area contributed by atoms with Crippen LogP contribution in [-0.4, -0.2) is 56.0 Å². The highest BCUT2D eigenvalue weighted by Gasteiger charge is 2.36. The number of carbonyl (C=O) groups is 2. The van der Waals surface area contributed by atoms with Crippen LogP contribution in [-0.2, 0) is 14.3 Å². The van der Waals surface area contributed by atoms with Crippen molar-refractivity contribution in [2.75, 3.05) is 38.4 Å². The molecule has 1 atom stereocenters. The zero-order chi connectivity index (χ0) is 21.8. The first kappa shape index (κ1) is 21.1. The van der Waals surface area contributed by atoms with Crippen LogP contribution >= 0.6 is 0 Å². The molecule has 2 heterocycles. The Morgan fingerprint density at radius 3 is 2.68 bits per heavy atom. The van der Waals surface area contributed by atoms with Crippen LogP contribution in [0.15, 0.2) is 53.5 Å². The van der Waals surface area contributed by atoms with Crippen LogP contribution in [0.2, 0.25) is 0 Å². The average molecular weight is 421 g/mol. The number of esters is 1. The average Bonchev–Trinajstić information content (AvgIpc) is 3.06. The van der Waals surface area contributed by atoms with Gasteiger partial charge in [-0.3, -0.25) is 19.4 Å². The highest BCUT2D eigenvalue weighted by atomic mass is 16.5. The maximum absolute atomic E-state index is 13.3. The van der Waals surface area contributed by atoms with Crippen LogP contribution in [0.1, 0.15) is 25.3 Å². The SMILES string of the molecule is CCOC(=O)C1CCCN(CN2C(=O)C(=Nc3ccc(OC)cc3)c3ccccc32)C1. The van der Waals surface area contributed by atoms with Crippen LogP contribution in [0, 0.1) is 5.92 Å². The standard InChI is InChI=1S/C24H27N3O4/c1-3-31-24(29)17-7-6-14-26(15-17)16-27-21-9-5-4-8-20(21)22(23(27)28)25-18-10-12-19(30-2)13-11-18/h4-5,8-13,17H,3,6-7,14-16H2,1-2H3. The van der Waals surface area contributed by atoms with Gasteiger partial charge in [0.25, 0.3) is 5.91 Å². The lowest BCUT2D eigenvalue weighted by Gasteiger charge is -2.34. The molecule has 4 rings (SSSR count). The Morgan fingerprint density at radius 1 is 1.16 bits per heavy atom. The Bertz CT molecular complexity index is 987. The maximum Gasteiger partial charge on any atom is 0.310 e. The number of carbonyl (C=O) groups excluding carboxylic acids is 2. The minimum atomic E-state index is -0.151. The van der Waals surface area contributed by atoms with Gasteiger partial charge in [0.15, 0.2) is 0 Å². The van der Waals surface area contributed by atoms with E-state index in [0.29, 0.717) is 31.2 Å². The summed E-state index contributed by atoms with van der Waals surface area (Å²) in [5.41, 5.74) is 2.79. The second-order valence-electron chi connectivity index (χ2n) is 7.72. The summed E-state index contributed by atoms with van der Waals surface area (Å²) in [7, 11) is 1.61. The third-order valence-corrected chi connectivity index (χ3v) is 5.68. The number of piperidine rings is 1. The van der Waals surface area contributed by atoms with E-state index in [9.17, 15) is 9.59 Å². The van der Waals surface area contributed by atoms with Gasteiger partial charge in [0.1, 0.15) is 11.5 Å². The van der Waals surface area contributed by atoms with Crippen LogP contribution in [0.3, 0.4) is 0 Å². The summed E-state index contributed by atoms with van der Waals surface area (Å²) >= 11 is 0. The minimum Gasteiger partial charge on any atom is -0.497 e. The topological polar surface area (TPSA) is 71.4 Å². The van der Waals surface area contributed by atoms with E-state index in [1.54, 1.807) is 12.0 Å². The normalized spacial score (nSPS) is 20.1. The van der Waals surface area contributed by atoms with Crippen molar-refractivity contribution >= 4 is 29.0 Å². The largest absolute Gasteiger partial charge is 0.497 e. The predicted octanol–water partition coefficient (Wildman–Crippen LogP) is 3.40. The van der Waals surface area contributed by atoms with E-state index < -0.39 is 0 Å². The number of para-hydroxylation sites is 1. The molecule has 0 spiro atoms. The Balaban J connectivity index is 1.56. The van der Waals surface area contributed by atoms with Gasteiger partial charge in [-0.2, -0.15) is 0 Å². The molecule has 2 aromatic carbocycles. The summed E-state index contributed by atoms with van der Waals surface area (Å²) in [4.78, 5) is 34.1. The number of anilines is 1. The molecular formula is C24H27N3O4. The molecule has 0 saturated carbocycles. The molecule has 162 valence electrons. The molecule has 0 N–H and O–H groups in total. The quantitative estimate of drug-likeness (QED) is 0.669. The van der Waals surface area contributed by atoms with Crippen molar-refractivity contribution in [2.24, 2.45) is 10.9 Å². The summed E-state index contributed by atoms with van der Waals surface area (Å²) in [5.74, 6) is 0.316. The Hall–Kier alpha value is -3.19. The fourth-order valence-corrected chi connectivity index (χ4v) is 4.13. The number of likely N-dealkylation sites (tertiary alicyclic amines) is 1. The molecule has 2 aliphatic rings. The second kappa shape index (κ2) is 9.31. The van der Waals surface area contributed by atoms with E-state index in [1.165, 1.54) is 0 Å². The van der Waals surface area contributed by atoms with Crippen molar-refractivity contribution in [3.63, 3.8) is 0 Å². The van der Waals surface area contributed by atoms with Gasteiger partial charge in [0.2, 0.25) is 0 Å². The summed E-state index contributed by atoms with van der Waals surface area (Å²) in [6.07, 6.45) is 1.73. The van der Waals surface area contributed by atoms with E-state index >= 15 is 0 Å². The lowest BCUT2D eigenvalue weighted by atomic mass is 9.98. The molecular weight excluding hydrogens is 394 g/mol. The smallest absolute Gasteiger partial charge is 0.310 e. The summed E-state index contributed by atoms with van der Waals surface area (Å²) in [6, 6.07) is 15.0. The van der Waals surface area contributed by atoms with Crippen molar-refractivity contribution in [2.45, 2.75) is 19.8 Å². The summed E-state index contributed by atoms with van der Waals surface area (Å²) in [5, 5.41) is 0. The zero-order valence-corrected chi connectivity index (χ0v) is 17.9. The monoisotopic (exact) mass is 421 g/mol. The number of hydrogen-bond acceptors (Lipinski definition) is 6. The van der Waals surface area contributed by atoms with Crippen molar-refractivity contribution in [3.8, 4) is 5.75 Å². The van der Waals surface area contributed by atoms with Gasteiger partial charge < -0.3 is 9.47 Å². The van der Waals surface area contributed by atoms with Crippen molar-refractivity contribution in [1.82, 2.24) is 4.90 Å². The lowest BCUT2D eigenvalue weighted by Crippen LogP contribution is -2.47. The third kappa shape index (κ3) is 4.46. The van der Waals surface area contributed by atoms with Gasteiger partial charge in [-0.15, -0.1) is 0 Å². The molecule has 0 radical (unpaired) electrons. The second-order valence-corrected chi connectivity index (χ2v) is 7.72. The Morgan fingerprint density at radius 2 is 1.94 bits per heavy atom. The molecule has 31 heavy (non-hydrogen) atoms. The Labute approximate surface area is 182 Å². The number of methoxy groups -OCH3 is 1. The fraction of sp³-hybridized carbons (Fsp3) is 0.375. The van der Waals surface area contributed by atoms with Crippen LogP contribution < -0.4 is 9.64 Å². The molecule has 2 aliphatic heterocycles. The summed E-state index contributed by atoms with van der Waals surface area (Å²) in [6.45, 7) is 4.07. The molecule has 1 unspecified atom stereocenters. The molecule has 1 fully saturated rings. The highest BCUT2D eigenvalue weighted by Crippen LogP contribution is 2.32. The number of aliphatic imine (C=N–C) groups is 1. The number of nitrogens with zero attached hydrogens (tertiary/aromatic N) is 3. The van der Waals surface area contributed by atoms with E-state index in [2.05, 4.69) is 9.89 Å². The van der Waals surface area contributed by atoms with Crippen LogP contribution in [0.25, 0.3) is 0 Å². The van der Waals surface area contributed by atoms with Crippen molar-refractivity contribution in [3.05, 3.63) is 54.1 Å². The third-order valence-electron chi connectivity index (χ3n) is 5.68. The number of hydrogen-bond donors (Lipinski definition) is 0. The maximum atomic E-state index is 13.3. The minimum absolute atomic E-state index is 0.129. The number of benzene rings is 2. The van der Waals surface area contributed by atoms with Gasteiger partial charge in [0.05, 0.1) is 37.7 Å². The van der Waals surface area contributed by atoms with Crippen LogP contribution in [0.5, 0.6) is 5.75 Å². The fourth-order valence-electron chi connectivity index (χ4n) is 4.13. The molecule has 0 bridgehead atoms. The van der Waals surface area contributed by atoms with E-state index in [4.69, 9.17) is 9.47 Å². The molecule has 0 aliphatic carbocycles. The Kier molecular flexibility index (Phi) is 6.32. The van der Waals surface area contributed by atoms with Gasteiger partial charge in [-0.1, -0.05) is 18.2 Å². The number of ether oxygens (including phenoxy) is 2. The van der Waals surface area contributed by atoms with Crippen molar-refractivity contribution < 1.29 is 19.1 Å². The van der Waals surface area contributed by atoms with E-state index in [1.807, 2.05) is 55.5 Å². The molecule has 1 saturated heterocycles. The molecule has 7 heteroatoms. The first-order chi connectivity index (χ1) is 15.1. The number of rotatable bonds is 6. The van der Waals surface area contributed by atoms with Crippen molar-refractivity contribution in [1.29, 1.82) is 0 Å². The molecule has 2 aromatic rings. The van der Waals surface area contributed by atoms with Gasteiger partial charge in [-0.05, 0) is 56.6 Å².